The number of rotatable bonds is 2. The van der Waals surface area contributed by atoms with Crippen molar-refractivity contribution in [2.24, 2.45) is 0 Å². The maximum Gasteiger partial charge on any atom is 0.253 e. The fraction of sp³-hybridized carbons (Fsp3) is 0.455. The molecule has 0 aliphatic heterocycles. The van der Waals surface area contributed by atoms with Crippen LogP contribution in [0.2, 0.25) is 5.15 Å². The molecule has 80 valence electrons. The predicted molar refractivity (Wildman–Crippen MR) is 59.2 cm³/mol. The number of carbonyl (C=O) groups is 1. The predicted octanol–water partition coefficient (Wildman–Crippen LogP) is 2.24. The van der Waals surface area contributed by atoms with E-state index in [1.54, 1.807) is 13.0 Å². The first-order valence-electron chi connectivity index (χ1n) is 5.02. The molecule has 1 saturated carbocycles. The molecule has 0 unspecified atom stereocenters. The molecule has 1 fully saturated rings. The lowest BCUT2D eigenvalue weighted by Gasteiger charge is -2.09. The van der Waals surface area contributed by atoms with Gasteiger partial charge in [0.15, 0.2) is 0 Å². The van der Waals surface area contributed by atoms with E-state index < -0.39 is 0 Å². The molecule has 0 aromatic carbocycles. The van der Waals surface area contributed by atoms with Crippen molar-refractivity contribution in [3.8, 4) is 0 Å². The van der Waals surface area contributed by atoms with Crippen LogP contribution in [0.4, 0.5) is 0 Å². The van der Waals surface area contributed by atoms with Crippen LogP contribution in [0.3, 0.4) is 0 Å². The van der Waals surface area contributed by atoms with Crippen LogP contribution < -0.4 is 5.32 Å². The number of carbonyl (C=O) groups excluding carboxylic acids is 1. The van der Waals surface area contributed by atoms with Gasteiger partial charge in [-0.2, -0.15) is 0 Å². The molecule has 3 nitrogen and oxygen atoms in total. The minimum absolute atomic E-state index is 0.0309. The normalized spacial score (nSPS) is 15.1. The summed E-state index contributed by atoms with van der Waals surface area (Å²) < 4.78 is 0. The van der Waals surface area contributed by atoms with Crippen LogP contribution in [-0.2, 0) is 0 Å². The Hall–Kier alpha value is -1.09. The van der Waals surface area contributed by atoms with E-state index in [1.165, 1.54) is 0 Å². The maximum absolute atomic E-state index is 11.9. The van der Waals surface area contributed by atoms with Crippen LogP contribution in [0.15, 0.2) is 6.07 Å². The van der Waals surface area contributed by atoms with Crippen LogP contribution in [0.5, 0.6) is 0 Å². The van der Waals surface area contributed by atoms with Gasteiger partial charge in [0.1, 0.15) is 5.15 Å². The molecule has 0 atom stereocenters. The maximum atomic E-state index is 11.9. The summed E-state index contributed by atoms with van der Waals surface area (Å²) in [6.07, 6.45) is 2.18. The van der Waals surface area contributed by atoms with Crippen molar-refractivity contribution in [3.63, 3.8) is 0 Å². The highest BCUT2D eigenvalue weighted by molar-refractivity contribution is 6.29. The Labute approximate surface area is 93.8 Å². The average Bonchev–Trinajstić information content (AvgIpc) is 2.85. The molecule has 1 N–H and O–H groups in total. The molecule has 2 rings (SSSR count). The van der Waals surface area contributed by atoms with Crippen LogP contribution in [0.25, 0.3) is 0 Å². The molecule has 1 heterocycles. The van der Waals surface area contributed by atoms with Gasteiger partial charge in [-0.3, -0.25) is 4.79 Å². The molecule has 0 spiro atoms. The van der Waals surface area contributed by atoms with E-state index in [0.717, 1.165) is 18.4 Å². The fourth-order valence-corrected chi connectivity index (χ4v) is 1.90. The molecule has 1 aromatic rings. The molecule has 1 amide bonds. The summed E-state index contributed by atoms with van der Waals surface area (Å²) in [7, 11) is 0. The van der Waals surface area contributed by atoms with Gasteiger partial charge in [-0.05, 0) is 38.3 Å². The smallest absolute Gasteiger partial charge is 0.253 e. The Bertz CT molecular complexity index is 390. The van der Waals surface area contributed by atoms with Gasteiger partial charge in [-0.25, -0.2) is 4.98 Å². The van der Waals surface area contributed by atoms with E-state index in [-0.39, 0.29) is 5.91 Å². The number of aryl methyl sites for hydroxylation is 2. The van der Waals surface area contributed by atoms with E-state index >= 15 is 0 Å². The van der Waals surface area contributed by atoms with Crippen molar-refractivity contribution in [1.82, 2.24) is 10.3 Å². The lowest BCUT2D eigenvalue weighted by atomic mass is 10.1. The Morgan fingerprint density at radius 1 is 1.53 bits per heavy atom. The molecule has 1 aliphatic rings. The van der Waals surface area contributed by atoms with Gasteiger partial charge in [-0.15, -0.1) is 0 Å². The van der Waals surface area contributed by atoms with Crippen LogP contribution in [0.1, 0.15) is 34.5 Å². The third-order valence-corrected chi connectivity index (χ3v) is 2.70. The van der Waals surface area contributed by atoms with E-state index in [2.05, 4.69) is 10.3 Å². The van der Waals surface area contributed by atoms with Crippen molar-refractivity contribution in [2.45, 2.75) is 32.7 Å². The molecule has 0 saturated heterocycles. The molecule has 0 bridgehead atoms. The molecule has 1 aromatic heterocycles. The Kier molecular flexibility index (Phi) is 2.65. The molecular formula is C11H13ClN2O. The summed E-state index contributed by atoms with van der Waals surface area (Å²) in [5, 5.41) is 3.39. The van der Waals surface area contributed by atoms with Crippen LogP contribution in [-0.4, -0.2) is 16.9 Å². The second-order valence-electron chi connectivity index (χ2n) is 3.97. The van der Waals surface area contributed by atoms with Gasteiger partial charge in [0, 0.05) is 6.04 Å². The number of amides is 1. The van der Waals surface area contributed by atoms with E-state index in [9.17, 15) is 4.79 Å². The zero-order valence-electron chi connectivity index (χ0n) is 8.80. The largest absolute Gasteiger partial charge is 0.349 e. The fourth-order valence-electron chi connectivity index (χ4n) is 1.61. The van der Waals surface area contributed by atoms with Gasteiger partial charge < -0.3 is 5.32 Å². The minimum Gasteiger partial charge on any atom is -0.349 e. The number of nitrogens with zero attached hydrogens (tertiary/aromatic N) is 1. The van der Waals surface area contributed by atoms with E-state index in [0.29, 0.717) is 22.5 Å². The van der Waals surface area contributed by atoms with Crippen LogP contribution >= 0.6 is 11.6 Å². The third kappa shape index (κ3) is 2.29. The zero-order valence-corrected chi connectivity index (χ0v) is 9.56. The van der Waals surface area contributed by atoms with Crippen molar-refractivity contribution in [2.75, 3.05) is 0 Å². The lowest BCUT2D eigenvalue weighted by Crippen LogP contribution is -2.27. The number of hydrogen-bond acceptors (Lipinski definition) is 2. The summed E-state index contributed by atoms with van der Waals surface area (Å²) in [6.45, 7) is 3.68. The first-order valence-corrected chi connectivity index (χ1v) is 5.40. The van der Waals surface area contributed by atoms with Crippen molar-refractivity contribution in [3.05, 3.63) is 28.0 Å². The summed E-state index contributed by atoms with van der Waals surface area (Å²) in [5.41, 5.74) is 2.23. The quantitative estimate of drug-likeness (QED) is 0.783. The highest BCUT2D eigenvalue weighted by atomic mass is 35.5. The summed E-state index contributed by atoms with van der Waals surface area (Å²) in [6, 6.07) is 2.09. The monoisotopic (exact) mass is 224 g/mol. The standard InChI is InChI=1S/C11H13ClN2O/c1-6-5-9(12)13-7(2)10(6)11(15)14-8-3-4-8/h5,8H,3-4H2,1-2H3,(H,14,15). The lowest BCUT2D eigenvalue weighted by molar-refractivity contribution is 0.0949. The average molecular weight is 225 g/mol. The van der Waals surface area contributed by atoms with Crippen LogP contribution in [0, 0.1) is 13.8 Å². The van der Waals surface area contributed by atoms with Crippen molar-refractivity contribution < 1.29 is 4.79 Å². The Balaban J connectivity index is 2.29. The first-order chi connectivity index (χ1) is 7.08. The van der Waals surface area contributed by atoms with Crippen molar-refractivity contribution >= 4 is 17.5 Å². The highest BCUT2D eigenvalue weighted by Crippen LogP contribution is 2.21. The molecule has 15 heavy (non-hydrogen) atoms. The van der Waals surface area contributed by atoms with Gasteiger partial charge in [0.05, 0.1) is 11.3 Å². The van der Waals surface area contributed by atoms with Gasteiger partial charge in [0.25, 0.3) is 5.91 Å². The SMILES string of the molecule is Cc1cc(Cl)nc(C)c1C(=O)NC1CC1. The highest BCUT2D eigenvalue weighted by Gasteiger charge is 2.25. The topological polar surface area (TPSA) is 42.0 Å². The first kappa shape index (κ1) is 10.4. The number of hydrogen-bond donors (Lipinski definition) is 1. The summed E-state index contributed by atoms with van der Waals surface area (Å²) >= 11 is 5.80. The Morgan fingerprint density at radius 3 is 2.73 bits per heavy atom. The number of halogens is 1. The minimum atomic E-state index is -0.0309. The molecular weight excluding hydrogens is 212 g/mol. The van der Waals surface area contributed by atoms with E-state index in [1.807, 2.05) is 6.92 Å². The molecule has 0 radical (unpaired) electrons. The second kappa shape index (κ2) is 3.81. The zero-order chi connectivity index (χ0) is 11.0. The summed E-state index contributed by atoms with van der Waals surface area (Å²) in [4.78, 5) is 15.9. The molecule has 4 heteroatoms. The molecule has 1 aliphatic carbocycles. The van der Waals surface area contributed by atoms with Gasteiger partial charge >= 0.3 is 0 Å². The number of pyridine rings is 1. The van der Waals surface area contributed by atoms with E-state index in [4.69, 9.17) is 11.6 Å². The van der Waals surface area contributed by atoms with Gasteiger partial charge in [-0.1, -0.05) is 11.6 Å². The Morgan fingerprint density at radius 2 is 2.20 bits per heavy atom. The second-order valence-corrected chi connectivity index (χ2v) is 4.36. The summed E-state index contributed by atoms with van der Waals surface area (Å²) in [5.74, 6) is -0.0309. The number of aromatic nitrogens is 1. The van der Waals surface area contributed by atoms with Crippen molar-refractivity contribution in [1.29, 1.82) is 0 Å². The number of nitrogens with one attached hydrogen (secondary N) is 1. The van der Waals surface area contributed by atoms with Gasteiger partial charge in [0.2, 0.25) is 0 Å². The third-order valence-electron chi connectivity index (χ3n) is 2.51.